The van der Waals surface area contributed by atoms with E-state index in [0.717, 1.165) is 6.26 Å². The lowest BCUT2D eigenvalue weighted by molar-refractivity contribution is 0.217. The van der Waals surface area contributed by atoms with E-state index in [9.17, 15) is 4.79 Å². The Hall–Kier alpha value is -0.750. The van der Waals surface area contributed by atoms with Gasteiger partial charge in [-0.25, -0.2) is 4.79 Å². The maximum atomic E-state index is 9.36. The molecule has 0 aromatic carbocycles. The SMILES string of the molecule is N#COC(=O)Cl. The lowest BCUT2D eigenvalue weighted by Crippen LogP contribution is -1.80. The molecule has 0 aromatic rings. The number of nitriles is 1. The van der Waals surface area contributed by atoms with E-state index in [0.29, 0.717) is 0 Å². The highest BCUT2D eigenvalue weighted by molar-refractivity contribution is 6.61. The monoisotopic (exact) mass is 105 g/mol. The maximum Gasteiger partial charge on any atom is 0.419 e. The van der Waals surface area contributed by atoms with Gasteiger partial charge in [0.05, 0.1) is 0 Å². The predicted molar refractivity (Wildman–Crippen MR) is 17.9 cm³/mol. The van der Waals surface area contributed by atoms with Crippen molar-refractivity contribution in [2.45, 2.75) is 0 Å². The molecule has 0 heterocycles. The van der Waals surface area contributed by atoms with Gasteiger partial charge in [0, 0.05) is 11.6 Å². The second kappa shape index (κ2) is 2.49. The molecule has 0 aliphatic heterocycles. The Morgan fingerprint density at radius 3 is 2.50 bits per heavy atom. The first-order chi connectivity index (χ1) is 2.77. The van der Waals surface area contributed by atoms with E-state index >= 15 is 0 Å². The number of carbonyl (C=O) groups is 1. The van der Waals surface area contributed by atoms with E-state index in [1.165, 1.54) is 0 Å². The summed E-state index contributed by atoms with van der Waals surface area (Å²) in [6.07, 6.45) is 1.09. The van der Waals surface area contributed by atoms with Crippen LogP contribution in [0.2, 0.25) is 0 Å². The normalized spacial score (nSPS) is 6.00. The van der Waals surface area contributed by atoms with Crippen LogP contribution in [0.3, 0.4) is 0 Å². The molecule has 0 spiro atoms. The lowest BCUT2D eigenvalue weighted by atomic mass is 11.4. The van der Waals surface area contributed by atoms with Crippen molar-refractivity contribution in [2.75, 3.05) is 0 Å². The summed E-state index contributed by atoms with van der Waals surface area (Å²) in [4.78, 5) is 9.36. The summed E-state index contributed by atoms with van der Waals surface area (Å²) in [7, 11) is 0. The van der Waals surface area contributed by atoms with Gasteiger partial charge >= 0.3 is 5.43 Å². The highest BCUT2D eigenvalue weighted by Crippen LogP contribution is 1.80. The van der Waals surface area contributed by atoms with Crippen molar-refractivity contribution in [3.05, 3.63) is 0 Å². The van der Waals surface area contributed by atoms with Crippen molar-refractivity contribution in [3.8, 4) is 6.26 Å². The van der Waals surface area contributed by atoms with Crippen LogP contribution in [0.25, 0.3) is 0 Å². The largest absolute Gasteiger partial charge is 0.419 e. The molecule has 32 valence electrons. The molecule has 0 aliphatic carbocycles. The standard InChI is InChI=1S/C2ClNO2/c3-2(5)6-1-4. The van der Waals surface area contributed by atoms with Gasteiger partial charge < -0.3 is 4.74 Å². The second-order valence-electron chi connectivity index (χ2n) is 0.431. The molecule has 4 heteroatoms. The van der Waals surface area contributed by atoms with E-state index in [2.05, 4.69) is 16.3 Å². The molecule has 6 heavy (non-hydrogen) atoms. The third-order valence-electron chi connectivity index (χ3n) is 0.126. The number of hydrogen-bond donors (Lipinski definition) is 0. The molecule has 0 fully saturated rings. The average molecular weight is 105 g/mol. The van der Waals surface area contributed by atoms with Gasteiger partial charge in [-0.1, -0.05) is 0 Å². The fourth-order valence-corrected chi connectivity index (χ4v) is 0.0704. The van der Waals surface area contributed by atoms with Gasteiger partial charge in [-0.3, -0.25) is 0 Å². The van der Waals surface area contributed by atoms with E-state index in [1.54, 1.807) is 0 Å². The number of hydrogen-bond acceptors (Lipinski definition) is 3. The minimum atomic E-state index is -1.10. The van der Waals surface area contributed by atoms with Crippen LogP contribution >= 0.6 is 11.6 Å². The number of carbonyl (C=O) groups excluding carboxylic acids is 1. The lowest BCUT2D eigenvalue weighted by Gasteiger charge is -1.71. The van der Waals surface area contributed by atoms with E-state index in [4.69, 9.17) is 5.26 Å². The highest BCUT2D eigenvalue weighted by Gasteiger charge is 1.87. The number of ether oxygens (including phenoxy) is 1. The molecular weight excluding hydrogens is 105 g/mol. The van der Waals surface area contributed by atoms with Crippen LogP contribution < -0.4 is 0 Å². The third-order valence-corrected chi connectivity index (χ3v) is 0.203. The summed E-state index contributed by atoms with van der Waals surface area (Å²) in [6.45, 7) is 0. The fourth-order valence-electron chi connectivity index (χ4n) is 0.0359. The summed E-state index contributed by atoms with van der Waals surface area (Å²) in [5.74, 6) is 0. The van der Waals surface area contributed by atoms with Crippen LogP contribution in [0.15, 0.2) is 0 Å². The topological polar surface area (TPSA) is 50.1 Å². The van der Waals surface area contributed by atoms with Crippen molar-refractivity contribution in [1.29, 1.82) is 5.26 Å². The van der Waals surface area contributed by atoms with Gasteiger partial charge in [0.1, 0.15) is 0 Å². The summed E-state index contributed by atoms with van der Waals surface area (Å²) in [5, 5.41) is 7.46. The number of nitrogens with zero attached hydrogens (tertiary/aromatic N) is 1. The van der Waals surface area contributed by atoms with Gasteiger partial charge in [0.25, 0.3) is 6.26 Å². The Bertz CT molecular complexity index is 94.2. The van der Waals surface area contributed by atoms with Gasteiger partial charge in [-0.05, 0) is 0 Å². The molecule has 0 aromatic heterocycles. The van der Waals surface area contributed by atoms with Gasteiger partial charge in [0.2, 0.25) is 0 Å². The Balaban J connectivity index is 3.13. The van der Waals surface area contributed by atoms with Crippen LogP contribution in [0.4, 0.5) is 4.79 Å². The molecule has 0 bridgehead atoms. The molecule has 0 unspecified atom stereocenters. The van der Waals surface area contributed by atoms with Crippen LogP contribution in [-0.2, 0) is 4.74 Å². The van der Waals surface area contributed by atoms with Crippen LogP contribution in [-0.4, -0.2) is 5.43 Å². The summed E-state index contributed by atoms with van der Waals surface area (Å²) in [5.41, 5.74) is -1.10. The molecule has 0 saturated carbocycles. The Morgan fingerprint density at radius 2 is 2.50 bits per heavy atom. The number of rotatable bonds is 0. The van der Waals surface area contributed by atoms with E-state index < -0.39 is 5.43 Å². The number of halogens is 1. The van der Waals surface area contributed by atoms with Gasteiger partial charge in [-0.2, -0.15) is 0 Å². The first-order valence-electron chi connectivity index (χ1n) is 1.02. The minimum Gasteiger partial charge on any atom is -0.338 e. The average Bonchev–Trinajstić information content (AvgIpc) is 1.35. The van der Waals surface area contributed by atoms with Crippen molar-refractivity contribution in [1.82, 2.24) is 0 Å². The summed E-state index contributed by atoms with van der Waals surface area (Å²) < 4.78 is 3.47. The Labute approximate surface area is 39.1 Å². The Kier molecular flexibility index (Phi) is 2.17. The van der Waals surface area contributed by atoms with Crippen LogP contribution in [0.5, 0.6) is 0 Å². The van der Waals surface area contributed by atoms with Crippen molar-refractivity contribution < 1.29 is 9.53 Å². The molecule has 3 nitrogen and oxygen atoms in total. The summed E-state index contributed by atoms with van der Waals surface area (Å²) in [6, 6.07) is 0. The second-order valence-corrected chi connectivity index (χ2v) is 0.740. The quantitative estimate of drug-likeness (QED) is 0.339. The molecule has 0 saturated heterocycles. The molecule has 0 rings (SSSR count). The maximum absolute atomic E-state index is 9.36. The summed E-state index contributed by atoms with van der Waals surface area (Å²) >= 11 is 4.49. The van der Waals surface area contributed by atoms with E-state index in [-0.39, 0.29) is 0 Å². The first-order valence-corrected chi connectivity index (χ1v) is 1.40. The smallest absolute Gasteiger partial charge is 0.338 e. The zero-order chi connectivity index (χ0) is 4.99. The van der Waals surface area contributed by atoms with Crippen molar-refractivity contribution in [3.63, 3.8) is 0 Å². The molecule has 0 amide bonds. The molecule has 0 N–H and O–H groups in total. The van der Waals surface area contributed by atoms with E-state index in [1.807, 2.05) is 0 Å². The zero-order valence-corrected chi connectivity index (χ0v) is 3.40. The minimum absolute atomic E-state index is 1.09. The Morgan fingerprint density at radius 1 is 2.00 bits per heavy atom. The van der Waals surface area contributed by atoms with Gasteiger partial charge in [0.15, 0.2) is 0 Å². The molecular formula is C2ClNO2. The van der Waals surface area contributed by atoms with Crippen molar-refractivity contribution >= 4 is 17.0 Å². The predicted octanol–water partition coefficient (Wildman–Crippen LogP) is 0.843. The zero-order valence-electron chi connectivity index (χ0n) is 2.64. The van der Waals surface area contributed by atoms with Crippen LogP contribution in [0.1, 0.15) is 0 Å². The first kappa shape index (κ1) is 5.25. The van der Waals surface area contributed by atoms with Crippen LogP contribution in [0, 0.1) is 11.5 Å². The van der Waals surface area contributed by atoms with Gasteiger partial charge in [-0.15, -0.1) is 5.26 Å². The molecule has 0 aliphatic rings. The molecule has 0 atom stereocenters. The third kappa shape index (κ3) is 3.25. The van der Waals surface area contributed by atoms with Crippen molar-refractivity contribution in [2.24, 2.45) is 0 Å². The highest BCUT2D eigenvalue weighted by atomic mass is 35.5. The fraction of sp³-hybridized carbons (Fsp3) is 0. The molecule has 0 radical (unpaired) electrons.